The zero-order valence-electron chi connectivity index (χ0n) is 13.6. The van der Waals surface area contributed by atoms with E-state index in [4.69, 9.17) is 9.84 Å². The van der Waals surface area contributed by atoms with Gasteiger partial charge in [0.15, 0.2) is 0 Å². The number of carbonyl (C=O) groups is 2. The minimum atomic E-state index is -1.02. The van der Waals surface area contributed by atoms with Gasteiger partial charge < -0.3 is 15.2 Å². The predicted octanol–water partition coefficient (Wildman–Crippen LogP) is 3.25. The molecule has 0 fully saturated rings. The molecule has 0 aliphatic rings. The highest BCUT2D eigenvalue weighted by molar-refractivity contribution is 5.96. The maximum atomic E-state index is 12.1. The van der Waals surface area contributed by atoms with Gasteiger partial charge in [-0.2, -0.15) is 0 Å². The van der Waals surface area contributed by atoms with Gasteiger partial charge >= 0.3 is 5.97 Å². The topological polar surface area (TPSA) is 75.6 Å². The number of carboxylic acid groups (broad SMARTS) is 1. The second kappa shape index (κ2) is 8.72. The SMILES string of the molecule is CCCC(NC(=O)c1ccc(COc2ccccc2)cc1)C(=O)O. The molecule has 0 aliphatic carbocycles. The number of hydrogen-bond donors (Lipinski definition) is 2. The Hall–Kier alpha value is -2.82. The number of carboxylic acids is 1. The molecular weight excluding hydrogens is 306 g/mol. The average Bonchev–Trinajstić information content (AvgIpc) is 2.60. The molecule has 1 amide bonds. The zero-order valence-corrected chi connectivity index (χ0v) is 13.6. The largest absolute Gasteiger partial charge is 0.489 e. The normalized spacial score (nSPS) is 11.5. The number of benzene rings is 2. The first-order valence-corrected chi connectivity index (χ1v) is 7.90. The van der Waals surface area contributed by atoms with Crippen LogP contribution in [0.2, 0.25) is 0 Å². The van der Waals surface area contributed by atoms with Crippen molar-refractivity contribution in [2.75, 3.05) is 0 Å². The fraction of sp³-hybridized carbons (Fsp3) is 0.263. The van der Waals surface area contributed by atoms with Crippen LogP contribution in [0.3, 0.4) is 0 Å². The third-order valence-corrected chi connectivity index (χ3v) is 3.55. The molecule has 24 heavy (non-hydrogen) atoms. The lowest BCUT2D eigenvalue weighted by molar-refractivity contribution is -0.139. The molecule has 5 nitrogen and oxygen atoms in total. The summed E-state index contributed by atoms with van der Waals surface area (Å²) in [5.41, 5.74) is 1.36. The Morgan fingerprint density at radius 3 is 2.33 bits per heavy atom. The lowest BCUT2D eigenvalue weighted by atomic mass is 10.1. The van der Waals surface area contributed by atoms with Gasteiger partial charge in [0.25, 0.3) is 5.91 Å². The first-order chi connectivity index (χ1) is 11.6. The van der Waals surface area contributed by atoms with Crippen molar-refractivity contribution in [2.45, 2.75) is 32.4 Å². The Labute approximate surface area is 141 Å². The Morgan fingerprint density at radius 1 is 1.08 bits per heavy atom. The summed E-state index contributed by atoms with van der Waals surface area (Å²) in [6.07, 6.45) is 1.09. The lowest BCUT2D eigenvalue weighted by Crippen LogP contribution is -2.40. The van der Waals surface area contributed by atoms with Gasteiger partial charge in [0, 0.05) is 5.56 Å². The molecule has 0 aromatic heterocycles. The number of amides is 1. The van der Waals surface area contributed by atoms with Crippen LogP contribution in [0.5, 0.6) is 5.75 Å². The monoisotopic (exact) mass is 327 g/mol. The van der Waals surface area contributed by atoms with Gasteiger partial charge in [-0.15, -0.1) is 0 Å². The number of nitrogens with one attached hydrogen (secondary N) is 1. The standard InChI is InChI=1S/C19H21NO4/c1-2-6-17(19(22)23)20-18(21)15-11-9-14(10-12-15)13-24-16-7-4-3-5-8-16/h3-5,7-12,17H,2,6,13H2,1H3,(H,20,21)(H,22,23). The van der Waals surface area contributed by atoms with Crippen LogP contribution in [-0.4, -0.2) is 23.0 Å². The summed E-state index contributed by atoms with van der Waals surface area (Å²) >= 11 is 0. The minimum absolute atomic E-state index is 0.383. The third kappa shape index (κ3) is 5.12. The molecule has 0 heterocycles. The van der Waals surface area contributed by atoms with Gasteiger partial charge in [-0.1, -0.05) is 43.7 Å². The molecule has 0 aliphatic heterocycles. The van der Waals surface area contributed by atoms with Crippen LogP contribution in [0.4, 0.5) is 0 Å². The Morgan fingerprint density at radius 2 is 1.75 bits per heavy atom. The molecular formula is C19H21NO4. The lowest BCUT2D eigenvalue weighted by Gasteiger charge is -2.13. The highest BCUT2D eigenvalue weighted by atomic mass is 16.5. The summed E-state index contributed by atoms with van der Waals surface area (Å²) < 4.78 is 5.64. The van der Waals surface area contributed by atoms with Crippen LogP contribution >= 0.6 is 0 Å². The van der Waals surface area contributed by atoms with Crippen LogP contribution in [0.15, 0.2) is 54.6 Å². The van der Waals surface area contributed by atoms with E-state index in [1.807, 2.05) is 37.3 Å². The van der Waals surface area contributed by atoms with Gasteiger partial charge in [0.05, 0.1) is 0 Å². The van der Waals surface area contributed by atoms with E-state index in [0.29, 0.717) is 25.0 Å². The van der Waals surface area contributed by atoms with E-state index >= 15 is 0 Å². The number of para-hydroxylation sites is 1. The van der Waals surface area contributed by atoms with Crippen LogP contribution in [0.25, 0.3) is 0 Å². The van der Waals surface area contributed by atoms with Gasteiger partial charge in [0.2, 0.25) is 0 Å². The molecule has 126 valence electrons. The fourth-order valence-electron chi connectivity index (χ4n) is 2.22. The Bertz CT molecular complexity index is 668. The van der Waals surface area contributed by atoms with Crippen LogP contribution in [0.1, 0.15) is 35.7 Å². The first-order valence-electron chi connectivity index (χ1n) is 7.90. The summed E-state index contributed by atoms with van der Waals surface area (Å²) in [7, 11) is 0. The Balaban J connectivity index is 1.93. The number of aliphatic carboxylic acids is 1. The zero-order chi connectivity index (χ0) is 17.4. The van der Waals surface area contributed by atoms with Gasteiger partial charge in [-0.3, -0.25) is 4.79 Å². The molecule has 2 N–H and O–H groups in total. The molecule has 0 spiro atoms. The summed E-state index contributed by atoms with van der Waals surface area (Å²) in [6, 6.07) is 15.6. The van der Waals surface area contributed by atoms with Crippen molar-refractivity contribution >= 4 is 11.9 Å². The van der Waals surface area contributed by atoms with E-state index in [-0.39, 0.29) is 5.91 Å². The molecule has 2 aromatic carbocycles. The van der Waals surface area contributed by atoms with E-state index in [9.17, 15) is 9.59 Å². The molecule has 5 heteroatoms. The minimum Gasteiger partial charge on any atom is -0.489 e. The summed E-state index contributed by atoms with van der Waals surface area (Å²) in [5, 5.41) is 11.6. The van der Waals surface area contributed by atoms with E-state index in [0.717, 1.165) is 11.3 Å². The summed E-state index contributed by atoms with van der Waals surface area (Å²) in [6.45, 7) is 2.28. The first kappa shape index (κ1) is 17.5. The van der Waals surface area contributed by atoms with Crippen molar-refractivity contribution in [3.63, 3.8) is 0 Å². The molecule has 0 saturated carbocycles. The van der Waals surface area contributed by atoms with Gasteiger partial charge in [0.1, 0.15) is 18.4 Å². The van der Waals surface area contributed by atoms with Crippen molar-refractivity contribution in [3.8, 4) is 5.75 Å². The molecule has 1 unspecified atom stereocenters. The highest BCUT2D eigenvalue weighted by Crippen LogP contribution is 2.12. The second-order valence-electron chi connectivity index (χ2n) is 5.45. The number of carbonyl (C=O) groups excluding carboxylic acids is 1. The molecule has 2 rings (SSSR count). The molecule has 0 bridgehead atoms. The van der Waals surface area contributed by atoms with E-state index in [1.165, 1.54) is 0 Å². The van der Waals surface area contributed by atoms with E-state index in [1.54, 1.807) is 24.3 Å². The number of ether oxygens (including phenoxy) is 1. The molecule has 1 atom stereocenters. The smallest absolute Gasteiger partial charge is 0.326 e. The average molecular weight is 327 g/mol. The predicted molar refractivity (Wildman–Crippen MR) is 91.0 cm³/mol. The second-order valence-corrected chi connectivity index (χ2v) is 5.45. The van der Waals surface area contributed by atoms with Crippen molar-refractivity contribution in [1.29, 1.82) is 0 Å². The van der Waals surface area contributed by atoms with Gasteiger partial charge in [-0.25, -0.2) is 4.79 Å². The number of rotatable bonds is 8. The van der Waals surface area contributed by atoms with Crippen molar-refractivity contribution < 1.29 is 19.4 Å². The summed E-state index contributed by atoms with van der Waals surface area (Å²) in [5.74, 6) is -0.618. The van der Waals surface area contributed by atoms with Crippen molar-refractivity contribution in [1.82, 2.24) is 5.32 Å². The quantitative estimate of drug-likeness (QED) is 0.780. The summed E-state index contributed by atoms with van der Waals surface area (Å²) in [4.78, 5) is 23.2. The van der Waals surface area contributed by atoms with Crippen LogP contribution in [-0.2, 0) is 11.4 Å². The van der Waals surface area contributed by atoms with Gasteiger partial charge in [-0.05, 0) is 36.2 Å². The van der Waals surface area contributed by atoms with Crippen molar-refractivity contribution in [3.05, 3.63) is 65.7 Å². The maximum absolute atomic E-state index is 12.1. The third-order valence-electron chi connectivity index (χ3n) is 3.55. The van der Waals surface area contributed by atoms with E-state index < -0.39 is 12.0 Å². The maximum Gasteiger partial charge on any atom is 0.326 e. The Kier molecular flexibility index (Phi) is 6.37. The molecule has 0 radical (unpaired) electrons. The van der Waals surface area contributed by atoms with Crippen molar-refractivity contribution in [2.24, 2.45) is 0 Å². The van der Waals surface area contributed by atoms with E-state index in [2.05, 4.69) is 5.32 Å². The molecule has 2 aromatic rings. The molecule has 0 saturated heterocycles. The fourth-order valence-corrected chi connectivity index (χ4v) is 2.22. The number of hydrogen-bond acceptors (Lipinski definition) is 3. The highest BCUT2D eigenvalue weighted by Gasteiger charge is 2.19. The van der Waals surface area contributed by atoms with Crippen LogP contribution in [0, 0.1) is 0 Å². The van der Waals surface area contributed by atoms with Crippen LogP contribution < -0.4 is 10.1 Å².